The Morgan fingerprint density at radius 3 is 2.64 bits per heavy atom. The number of rotatable bonds is 2. The Morgan fingerprint density at radius 1 is 1.29 bits per heavy atom. The van der Waals surface area contributed by atoms with E-state index < -0.39 is 0 Å². The molecule has 0 aliphatic carbocycles. The van der Waals surface area contributed by atoms with Crippen LogP contribution in [-0.4, -0.2) is 18.2 Å². The topological polar surface area (TPSA) is 23.5 Å². The summed E-state index contributed by atoms with van der Waals surface area (Å²) >= 11 is 0. The Labute approximate surface area is 83.0 Å². The molecule has 0 amide bonds. The lowest BCUT2D eigenvalue weighted by Gasteiger charge is -2.20. The van der Waals surface area contributed by atoms with Crippen LogP contribution in [0.1, 0.15) is 18.4 Å². The van der Waals surface area contributed by atoms with Crippen LogP contribution in [0.2, 0.25) is 0 Å². The quantitative estimate of drug-likeness (QED) is 0.779. The van der Waals surface area contributed by atoms with Gasteiger partial charge in [-0.05, 0) is 31.0 Å². The molecule has 1 N–H and O–H groups in total. The van der Waals surface area contributed by atoms with Gasteiger partial charge < -0.3 is 10.0 Å². The zero-order valence-electron chi connectivity index (χ0n) is 8.04. The molecule has 0 spiro atoms. The molecule has 2 rings (SSSR count). The standard InChI is InChI=1S/C11H14FNO/c12-10-3-4-11(9(7-10)8-14)13-5-1-2-6-13/h3-4,7,14H,1-2,5-6,8H2. The van der Waals surface area contributed by atoms with Crippen LogP contribution in [0.15, 0.2) is 18.2 Å². The van der Waals surface area contributed by atoms with E-state index in [1.807, 2.05) is 0 Å². The predicted octanol–water partition coefficient (Wildman–Crippen LogP) is 1.92. The molecular weight excluding hydrogens is 181 g/mol. The zero-order valence-corrected chi connectivity index (χ0v) is 8.04. The van der Waals surface area contributed by atoms with Crippen LogP contribution in [0.25, 0.3) is 0 Å². The molecule has 1 aliphatic heterocycles. The Hall–Kier alpha value is -1.09. The van der Waals surface area contributed by atoms with Crippen molar-refractivity contribution in [3.8, 4) is 0 Å². The number of halogens is 1. The number of aliphatic hydroxyl groups is 1. The predicted molar refractivity (Wildman–Crippen MR) is 53.8 cm³/mol. The van der Waals surface area contributed by atoms with Gasteiger partial charge in [-0.1, -0.05) is 0 Å². The largest absolute Gasteiger partial charge is 0.392 e. The maximum absolute atomic E-state index is 12.9. The molecule has 1 aliphatic rings. The van der Waals surface area contributed by atoms with Crippen molar-refractivity contribution in [1.82, 2.24) is 0 Å². The molecule has 0 atom stereocenters. The highest BCUT2D eigenvalue weighted by atomic mass is 19.1. The fraction of sp³-hybridized carbons (Fsp3) is 0.455. The SMILES string of the molecule is OCc1cc(F)ccc1N1CCCC1. The third-order valence-electron chi connectivity index (χ3n) is 2.66. The van der Waals surface area contributed by atoms with Crippen molar-refractivity contribution in [2.24, 2.45) is 0 Å². The van der Waals surface area contributed by atoms with Gasteiger partial charge in [-0.15, -0.1) is 0 Å². The first-order valence-electron chi connectivity index (χ1n) is 4.95. The molecule has 14 heavy (non-hydrogen) atoms. The molecule has 1 aromatic carbocycles. The van der Waals surface area contributed by atoms with Crippen molar-refractivity contribution in [2.45, 2.75) is 19.4 Å². The third-order valence-corrected chi connectivity index (χ3v) is 2.66. The third kappa shape index (κ3) is 1.73. The molecule has 1 heterocycles. The van der Waals surface area contributed by atoms with Crippen molar-refractivity contribution in [3.05, 3.63) is 29.6 Å². The summed E-state index contributed by atoms with van der Waals surface area (Å²) in [4.78, 5) is 2.20. The average molecular weight is 195 g/mol. The highest BCUT2D eigenvalue weighted by molar-refractivity contribution is 5.54. The molecule has 0 aromatic heterocycles. The van der Waals surface area contributed by atoms with Crippen molar-refractivity contribution in [3.63, 3.8) is 0 Å². The first-order chi connectivity index (χ1) is 6.81. The van der Waals surface area contributed by atoms with Gasteiger partial charge in [0.25, 0.3) is 0 Å². The maximum Gasteiger partial charge on any atom is 0.123 e. The summed E-state index contributed by atoms with van der Waals surface area (Å²) in [6, 6.07) is 4.62. The number of anilines is 1. The Bertz CT molecular complexity index is 321. The van der Waals surface area contributed by atoms with Gasteiger partial charge in [0.1, 0.15) is 5.82 Å². The van der Waals surface area contributed by atoms with Crippen LogP contribution in [-0.2, 0) is 6.61 Å². The molecule has 1 saturated heterocycles. The van der Waals surface area contributed by atoms with Gasteiger partial charge in [0.15, 0.2) is 0 Å². The molecule has 0 saturated carbocycles. The number of nitrogens with zero attached hydrogens (tertiary/aromatic N) is 1. The molecule has 1 aromatic rings. The lowest BCUT2D eigenvalue weighted by atomic mass is 10.1. The number of benzene rings is 1. The van der Waals surface area contributed by atoms with Crippen molar-refractivity contribution >= 4 is 5.69 Å². The van der Waals surface area contributed by atoms with E-state index in [0.717, 1.165) is 18.8 Å². The minimum atomic E-state index is -0.281. The van der Waals surface area contributed by atoms with E-state index in [2.05, 4.69) is 4.90 Å². The van der Waals surface area contributed by atoms with E-state index in [1.54, 1.807) is 6.07 Å². The molecule has 2 nitrogen and oxygen atoms in total. The molecule has 0 radical (unpaired) electrons. The molecule has 1 fully saturated rings. The van der Waals surface area contributed by atoms with E-state index >= 15 is 0 Å². The molecule has 0 bridgehead atoms. The summed E-state index contributed by atoms with van der Waals surface area (Å²) in [5.74, 6) is -0.281. The fourth-order valence-corrected chi connectivity index (χ4v) is 1.95. The van der Waals surface area contributed by atoms with E-state index in [9.17, 15) is 4.39 Å². The first kappa shape index (κ1) is 9.46. The molecule has 76 valence electrons. The summed E-state index contributed by atoms with van der Waals surface area (Å²) in [6.45, 7) is 1.93. The lowest BCUT2D eigenvalue weighted by molar-refractivity contribution is 0.281. The number of aliphatic hydroxyl groups excluding tert-OH is 1. The molecule has 0 unspecified atom stereocenters. The Kier molecular flexibility index (Phi) is 2.68. The van der Waals surface area contributed by atoms with E-state index in [4.69, 9.17) is 5.11 Å². The number of hydrogen-bond donors (Lipinski definition) is 1. The van der Waals surface area contributed by atoms with Crippen LogP contribution >= 0.6 is 0 Å². The van der Waals surface area contributed by atoms with Gasteiger partial charge in [-0.2, -0.15) is 0 Å². The molecule has 3 heteroatoms. The van der Waals surface area contributed by atoms with Gasteiger partial charge in [0, 0.05) is 24.3 Å². The van der Waals surface area contributed by atoms with E-state index in [1.165, 1.54) is 25.0 Å². The normalized spacial score (nSPS) is 16.3. The van der Waals surface area contributed by atoms with Crippen LogP contribution < -0.4 is 4.90 Å². The summed E-state index contributed by atoms with van der Waals surface area (Å²) in [6.07, 6.45) is 2.37. The van der Waals surface area contributed by atoms with Gasteiger partial charge in [-0.3, -0.25) is 0 Å². The van der Waals surface area contributed by atoms with Gasteiger partial charge in [0.05, 0.1) is 6.61 Å². The Morgan fingerprint density at radius 2 is 2.00 bits per heavy atom. The van der Waals surface area contributed by atoms with Gasteiger partial charge >= 0.3 is 0 Å². The molecular formula is C11H14FNO. The highest BCUT2D eigenvalue weighted by Crippen LogP contribution is 2.25. The van der Waals surface area contributed by atoms with Crippen molar-refractivity contribution in [1.29, 1.82) is 0 Å². The second kappa shape index (κ2) is 3.96. The second-order valence-corrected chi connectivity index (χ2v) is 3.63. The van der Waals surface area contributed by atoms with Crippen LogP contribution in [0.5, 0.6) is 0 Å². The van der Waals surface area contributed by atoms with Crippen LogP contribution in [0.3, 0.4) is 0 Å². The lowest BCUT2D eigenvalue weighted by Crippen LogP contribution is -2.19. The monoisotopic (exact) mass is 195 g/mol. The van der Waals surface area contributed by atoms with Gasteiger partial charge in [0.2, 0.25) is 0 Å². The van der Waals surface area contributed by atoms with Crippen LogP contribution in [0.4, 0.5) is 10.1 Å². The van der Waals surface area contributed by atoms with Crippen molar-refractivity contribution < 1.29 is 9.50 Å². The number of hydrogen-bond acceptors (Lipinski definition) is 2. The summed E-state index contributed by atoms with van der Waals surface area (Å²) in [5.41, 5.74) is 1.67. The summed E-state index contributed by atoms with van der Waals surface area (Å²) in [7, 11) is 0. The maximum atomic E-state index is 12.9. The smallest absolute Gasteiger partial charge is 0.123 e. The Balaban J connectivity index is 2.31. The first-order valence-corrected chi connectivity index (χ1v) is 4.95. The van der Waals surface area contributed by atoms with Crippen LogP contribution in [0, 0.1) is 5.82 Å². The highest BCUT2D eigenvalue weighted by Gasteiger charge is 2.15. The zero-order chi connectivity index (χ0) is 9.97. The summed E-state index contributed by atoms with van der Waals surface area (Å²) in [5, 5.41) is 9.11. The van der Waals surface area contributed by atoms with E-state index in [-0.39, 0.29) is 12.4 Å². The van der Waals surface area contributed by atoms with Crippen molar-refractivity contribution in [2.75, 3.05) is 18.0 Å². The van der Waals surface area contributed by atoms with E-state index in [0.29, 0.717) is 5.56 Å². The average Bonchev–Trinajstić information content (AvgIpc) is 2.70. The van der Waals surface area contributed by atoms with Gasteiger partial charge in [-0.25, -0.2) is 4.39 Å². The fourth-order valence-electron chi connectivity index (χ4n) is 1.95. The minimum absolute atomic E-state index is 0.0937. The minimum Gasteiger partial charge on any atom is -0.392 e. The summed E-state index contributed by atoms with van der Waals surface area (Å²) < 4.78 is 12.9. The second-order valence-electron chi connectivity index (χ2n) is 3.63.